The standard InChI is InChI=1S/C23H26Cl2N4O/c1-15(2)29-21-8-4-3-7-19(21)26-22(29)14-28-11-5-6-16(13-28)23(30)27-20-12-17(24)9-10-18(20)25/h3-4,7-10,12,15-16H,5-6,11,13-14H2,1-2H3,(H,27,30)/t16-/m1/s1. The summed E-state index contributed by atoms with van der Waals surface area (Å²) in [6, 6.07) is 13.7. The number of hydrogen-bond donors (Lipinski definition) is 1. The van der Waals surface area contributed by atoms with Crippen molar-refractivity contribution in [2.75, 3.05) is 18.4 Å². The smallest absolute Gasteiger partial charge is 0.228 e. The van der Waals surface area contributed by atoms with E-state index in [0.717, 1.165) is 42.8 Å². The number of nitrogens with one attached hydrogen (secondary N) is 1. The first kappa shape index (κ1) is 21.2. The Morgan fingerprint density at radius 1 is 1.23 bits per heavy atom. The number of benzene rings is 2. The van der Waals surface area contributed by atoms with Gasteiger partial charge in [-0.05, 0) is 63.6 Å². The van der Waals surface area contributed by atoms with Crippen molar-refractivity contribution in [2.45, 2.75) is 39.3 Å². The molecule has 1 aliphatic heterocycles. The van der Waals surface area contributed by atoms with E-state index in [4.69, 9.17) is 28.2 Å². The lowest BCUT2D eigenvalue weighted by atomic mass is 9.97. The van der Waals surface area contributed by atoms with Crippen LogP contribution >= 0.6 is 23.2 Å². The monoisotopic (exact) mass is 444 g/mol. The lowest BCUT2D eigenvalue weighted by Crippen LogP contribution is -2.40. The van der Waals surface area contributed by atoms with Crippen LogP contribution in [0.25, 0.3) is 11.0 Å². The van der Waals surface area contributed by atoms with Gasteiger partial charge in [0.1, 0.15) is 5.82 Å². The van der Waals surface area contributed by atoms with E-state index in [1.165, 1.54) is 0 Å². The summed E-state index contributed by atoms with van der Waals surface area (Å²) in [5.41, 5.74) is 2.74. The Morgan fingerprint density at radius 3 is 2.83 bits per heavy atom. The second-order valence-corrected chi connectivity index (χ2v) is 9.01. The van der Waals surface area contributed by atoms with Crippen molar-refractivity contribution >= 4 is 45.8 Å². The molecule has 1 atom stereocenters. The van der Waals surface area contributed by atoms with Crippen molar-refractivity contribution in [2.24, 2.45) is 5.92 Å². The maximum atomic E-state index is 12.9. The quantitative estimate of drug-likeness (QED) is 0.542. The van der Waals surface area contributed by atoms with Crippen LogP contribution in [0, 0.1) is 5.92 Å². The molecule has 0 unspecified atom stereocenters. The van der Waals surface area contributed by atoms with E-state index in [9.17, 15) is 4.79 Å². The van der Waals surface area contributed by atoms with E-state index >= 15 is 0 Å². The Morgan fingerprint density at radius 2 is 2.03 bits per heavy atom. The van der Waals surface area contributed by atoms with E-state index in [0.29, 0.717) is 28.3 Å². The topological polar surface area (TPSA) is 50.2 Å². The summed E-state index contributed by atoms with van der Waals surface area (Å²) in [5, 5.41) is 3.99. The number of piperidine rings is 1. The first-order chi connectivity index (χ1) is 14.4. The maximum absolute atomic E-state index is 12.9. The van der Waals surface area contributed by atoms with Crippen molar-refractivity contribution in [3.8, 4) is 0 Å². The molecule has 7 heteroatoms. The number of nitrogens with zero attached hydrogens (tertiary/aromatic N) is 3. The van der Waals surface area contributed by atoms with Crippen molar-refractivity contribution in [3.63, 3.8) is 0 Å². The second kappa shape index (κ2) is 8.96. The SMILES string of the molecule is CC(C)n1c(CN2CCC[C@@H](C(=O)Nc3cc(Cl)ccc3Cl)C2)nc2ccccc21. The van der Waals surface area contributed by atoms with E-state index < -0.39 is 0 Å². The lowest BCUT2D eigenvalue weighted by molar-refractivity contribution is -0.121. The molecule has 0 saturated carbocycles. The Kier molecular flexibility index (Phi) is 6.32. The molecule has 4 rings (SSSR count). The zero-order chi connectivity index (χ0) is 21.3. The number of halogens is 2. The van der Waals surface area contributed by atoms with Crippen LogP contribution in [-0.4, -0.2) is 33.4 Å². The fourth-order valence-corrected chi connectivity index (χ4v) is 4.56. The summed E-state index contributed by atoms with van der Waals surface area (Å²) in [5.74, 6) is 0.942. The number of carbonyl (C=O) groups is 1. The van der Waals surface area contributed by atoms with Crippen LogP contribution in [-0.2, 0) is 11.3 Å². The van der Waals surface area contributed by atoms with Gasteiger partial charge in [0.25, 0.3) is 0 Å². The van der Waals surface area contributed by atoms with Crippen molar-refractivity contribution in [3.05, 3.63) is 58.3 Å². The summed E-state index contributed by atoms with van der Waals surface area (Å²) >= 11 is 12.3. The third-order valence-corrected chi connectivity index (χ3v) is 6.18. The molecule has 1 amide bonds. The zero-order valence-corrected chi connectivity index (χ0v) is 18.7. The number of aromatic nitrogens is 2. The fraction of sp³-hybridized carbons (Fsp3) is 0.391. The lowest BCUT2D eigenvalue weighted by Gasteiger charge is -2.32. The van der Waals surface area contributed by atoms with Crippen LogP contribution in [0.1, 0.15) is 38.6 Å². The third-order valence-electron chi connectivity index (χ3n) is 5.61. The molecular weight excluding hydrogens is 419 g/mol. The van der Waals surface area contributed by atoms with E-state index in [2.05, 4.69) is 46.8 Å². The van der Waals surface area contributed by atoms with Gasteiger partial charge in [0.05, 0.1) is 34.2 Å². The number of carbonyl (C=O) groups excluding carboxylic acids is 1. The Bertz CT molecular complexity index is 1060. The van der Waals surface area contributed by atoms with Crippen molar-refractivity contribution in [1.29, 1.82) is 0 Å². The molecule has 0 bridgehead atoms. The van der Waals surface area contributed by atoms with Crippen molar-refractivity contribution in [1.82, 2.24) is 14.5 Å². The Balaban J connectivity index is 1.48. The van der Waals surface area contributed by atoms with Gasteiger partial charge in [-0.25, -0.2) is 4.98 Å². The van der Waals surface area contributed by atoms with Crippen LogP contribution in [0.3, 0.4) is 0 Å². The number of para-hydroxylation sites is 2. The van der Waals surface area contributed by atoms with Gasteiger partial charge in [0.2, 0.25) is 5.91 Å². The molecule has 158 valence electrons. The molecule has 0 radical (unpaired) electrons. The number of likely N-dealkylation sites (tertiary alicyclic amines) is 1. The number of amides is 1. The minimum Gasteiger partial charge on any atom is -0.324 e. The van der Waals surface area contributed by atoms with Gasteiger partial charge in [0.15, 0.2) is 0 Å². The normalized spacial score (nSPS) is 17.6. The average Bonchev–Trinajstić information content (AvgIpc) is 3.09. The number of hydrogen-bond acceptors (Lipinski definition) is 3. The van der Waals surface area contributed by atoms with Crippen LogP contribution in [0.5, 0.6) is 0 Å². The van der Waals surface area contributed by atoms with Gasteiger partial charge in [-0.3, -0.25) is 9.69 Å². The highest BCUT2D eigenvalue weighted by Gasteiger charge is 2.27. The van der Waals surface area contributed by atoms with Gasteiger partial charge >= 0.3 is 0 Å². The van der Waals surface area contributed by atoms with E-state index in [-0.39, 0.29) is 11.8 Å². The molecule has 1 aliphatic rings. The summed E-state index contributed by atoms with van der Waals surface area (Å²) < 4.78 is 2.30. The van der Waals surface area contributed by atoms with Gasteiger partial charge in [-0.15, -0.1) is 0 Å². The highest BCUT2D eigenvalue weighted by Crippen LogP contribution is 2.28. The number of imidazole rings is 1. The molecule has 1 fully saturated rings. The molecule has 1 N–H and O–H groups in total. The summed E-state index contributed by atoms with van der Waals surface area (Å²) in [4.78, 5) is 20.1. The van der Waals surface area contributed by atoms with Crippen LogP contribution < -0.4 is 5.32 Å². The number of anilines is 1. The molecule has 1 aromatic heterocycles. The largest absolute Gasteiger partial charge is 0.324 e. The van der Waals surface area contributed by atoms with Gasteiger partial charge in [-0.2, -0.15) is 0 Å². The molecule has 1 saturated heterocycles. The average molecular weight is 445 g/mol. The highest BCUT2D eigenvalue weighted by molar-refractivity contribution is 6.35. The van der Waals surface area contributed by atoms with Crippen LogP contribution in [0.2, 0.25) is 10.0 Å². The molecule has 2 heterocycles. The van der Waals surface area contributed by atoms with E-state index in [1.807, 2.05) is 6.07 Å². The molecule has 5 nitrogen and oxygen atoms in total. The molecule has 0 aliphatic carbocycles. The van der Waals surface area contributed by atoms with Crippen LogP contribution in [0.15, 0.2) is 42.5 Å². The zero-order valence-electron chi connectivity index (χ0n) is 17.2. The van der Waals surface area contributed by atoms with Crippen LogP contribution in [0.4, 0.5) is 5.69 Å². The van der Waals surface area contributed by atoms with Gasteiger partial charge < -0.3 is 9.88 Å². The van der Waals surface area contributed by atoms with E-state index in [1.54, 1.807) is 18.2 Å². The van der Waals surface area contributed by atoms with Crippen molar-refractivity contribution < 1.29 is 4.79 Å². The summed E-state index contributed by atoms with van der Waals surface area (Å²) in [6.45, 7) is 6.75. The molecule has 30 heavy (non-hydrogen) atoms. The highest BCUT2D eigenvalue weighted by atomic mass is 35.5. The molecular formula is C23H26Cl2N4O. The Labute approximate surface area is 187 Å². The maximum Gasteiger partial charge on any atom is 0.228 e. The summed E-state index contributed by atoms with van der Waals surface area (Å²) in [6.07, 6.45) is 1.84. The molecule has 3 aromatic rings. The number of fused-ring (bicyclic) bond motifs is 1. The van der Waals surface area contributed by atoms with Gasteiger partial charge in [-0.1, -0.05) is 35.3 Å². The minimum absolute atomic E-state index is 0.0128. The molecule has 2 aromatic carbocycles. The first-order valence-electron chi connectivity index (χ1n) is 10.4. The fourth-order valence-electron chi connectivity index (χ4n) is 4.22. The summed E-state index contributed by atoms with van der Waals surface area (Å²) in [7, 11) is 0. The predicted octanol–water partition coefficient (Wildman–Crippen LogP) is 5.77. The first-order valence-corrected chi connectivity index (χ1v) is 11.1. The third kappa shape index (κ3) is 4.48. The van der Waals surface area contributed by atoms with Gasteiger partial charge in [0, 0.05) is 17.6 Å². The predicted molar refractivity (Wildman–Crippen MR) is 123 cm³/mol. The second-order valence-electron chi connectivity index (χ2n) is 8.17. The molecule has 0 spiro atoms. The Hall–Kier alpha value is -2.08. The minimum atomic E-state index is -0.0920. The number of rotatable bonds is 5.